The van der Waals surface area contributed by atoms with Gasteiger partial charge in [-0.1, -0.05) is 17.3 Å². The van der Waals surface area contributed by atoms with Crippen molar-refractivity contribution in [2.75, 3.05) is 32.1 Å². The van der Waals surface area contributed by atoms with Gasteiger partial charge in [0.05, 0.1) is 37.3 Å². The number of ether oxygens (including phenoxy) is 1. The van der Waals surface area contributed by atoms with Gasteiger partial charge in [-0.15, -0.1) is 5.10 Å². The minimum atomic E-state index is -0.385. The summed E-state index contributed by atoms with van der Waals surface area (Å²) in [5.41, 5.74) is 1.96. The van der Waals surface area contributed by atoms with Gasteiger partial charge in [0, 0.05) is 39.0 Å². The smallest absolute Gasteiger partial charge is 0.321 e. The quantitative estimate of drug-likeness (QED) is 0.662. The lowest BCUT2D eigenvalue weighted by atomic mass is 10.0. The summed E-state index contributed by atoms with van der Waals surface area (Å²) >= 11 is 0. The Hall–Kier alpha value is -2.99. The molecule has 1 aliphatic heterocycles. The highest BCUT2D eigenvalue weighted by Gasteiger charge is 2.29. The fourth-order valence-corrected chi connectivity index (χ4v) is 3.96. The van der Waals surface area contributed by atoms with Crippen LogP contribution in [0.2, 0.25) is 0 Å². The van der Waals surface area contributed by atoms with Crippen molar-refractivity contribution in [1.29, 1.82) is 0 Å². The van der Waals surface area contributed by atoms with Gasteiger partial charge < -0.3 is 29.5 Å². The van der Waals surface area contributed by atoms with E-state index >= 15 is 0 Å². The number of hydrogen-bond donors (Lipinski definition) is 2. The largest absolute Gasteiger partial charge is 0.394 e. The Balaban J connectivity index is 1.78. The second-order valence-electron chi connectivity index (χ2n) is 8.97. The molecular formula is C22H35N7O5. The molecule has 0 saturated heterocycles. The highest BCUT2D eigenvalue weighted by molar-refractivity contribution is 5.90. The van der Waals surface area contributed by atoms with Crippen LogP contribution in [0.15, 0.2) is 10.7 Å². The third-order valence-corrected chi connectivity index (χ3v) is 6.21. The summed E-state index contributed by atoms with van der Waals surface area (Å²) < 4.78 is 13.1. The van der Waals surface area contributed by atoms with E-state index in [0.29, 0.717) is 43.1 Å². The molecule has 0 unspecified atom stereocenters. The van der Waals surface area contributed by atoms with E-state index < -0.39 is 0 Å². The van der Waals surface area contributed by atoms with Crippen molar-refractivity contribution in [3.05, 3.63) is 23.3 Å². The minimum Gasteiger partial charge on any atom is -0.394 e. The number of aromatic nitrogens is 4. The SMILES string of the molecule is Cc1noc(C)c1NC(=O)N(C)C[C@H]1OCc2cnnn2CCCC(=O)N([C@@H](C)CO)C[C@H]1C. The van der Waals surface area contributed by atoms with E-state index in [1.165, 1.54) is 4.90 Å². The number of urea groups is 1. The van der Waals surface area contributed by atoms with E-state index in [1.54, 1.807) is 36.7 Å². The Labute approximate surface area is 199 Å². The van der Waals surface area contributed by atoms with Crippen molar-refractivity contribution < 1.29 is 24.0 Å². The first-order chi connectivity index (χ1) is 16.2. The van der Waals surface area contributed by atoms with E-state index in [2.05, 4.69) is 20.8 Å². The molecule has 0 bridgehead atoms. The Kier molecular flexibility index (Phi) is 8.61. The normalized spacial score (nSPS) is 20.8. The van der Waals surface area contributed by atoms with Crippen LogP contribution in [0.3, 0.4) is 0 Å². The number of hydrogen-bond acceptors (Lipinski definition) is 8. The van der Waals surface area contributed by atoms with Gasteiger partial charge in [0.1, 0.15) is 11.4 Å². The van der Waals surface area contributed by atoms with Crippen LogP contribution in [0.1, 0.15) is 43.8 Å². The van der Waals surface area contributed by atoms with Crippen LogP contribution < -0.4 is 5.32 Å². The highest BCUT2D eigenvalue weighted by Crippen LogP contribution is 2.21. The fraction of sp³-hybridized carbons (Fsp3) is 0.682. The van der Waals surface area contributed by atoms with Crippen LogP contribution in [0.5, 0.6) is 0 Å². The van der Waals surface area contributed by atoms with Gasteiger partial charge in [-0.2, -0.15) is 0 Å². The molecule has 0 spiro atoms. The number of rotatable bonds is 5. The number of carbonyl (C=O) groups excluding carboxylic acids is 2. The van der Waals surface area contributed by atoms with E-state index in [0.717, 1.165) is 5.69 Å². The molecule has 2 aromatic heterocycles. The fourth-order valence-electron chi connectivity index (χ4n) is 3.96. The predicted molar refractivity (Wildman–Crippen MR) is 123 cm³/mol. The lowest BCUT2D eigenvalue weighted by Gasteiger charge is -2.35. The number of nitrogens with one attached hydrogen (secondary N) is 1. The van der Waals surface area contributed by atoms with Gasteiger partial charge in [-0.05, 0) is 27.2 Å². The molecule has 3 atom stereocenters. The molecule has 0 aliphatic carbocycles. The van der Waals surface area contributed by atoms with Gasteiger partial charge >= 0.3 is 6.03 Å². The number of likely N-dealkylation sites (N-methyl/N-ethyl adjacent to an activating group) is 1. The van der Waals surface area contributed by atoms with E-state index in [-0.39, 0.29) is 49.8 Å². The average molecular weight is 478 g/mol. The number of aliphatic hydroxyl groups excluding tert-OH is 1. The Morgan fingerprint density at radius 3 is 2.85 bits per heavy atom. The number of nitrogens with zero attached hydrogens (tertiary/aromatic N) is 6. The molecule has 0 aromatic carbocycles. The van der Waals surface area contributed by atoms with Crippen LogP contribution in [-0.4, -0.2) is 85.9 Å². The second-order valence-corrected chi connectivity index (χ2v) is 8.97. The molecule has 12 nitrogen and oxygen atoms in total. The van der Waals surface area contributed by atoms with Crippen LogP contribution in [-0.2, 0) is 22.7 Å². The molecule has 188 valence electrons. The lowest BCUT2D eigenvalue weighted by Crippen LogP contribution is -2.48. The predicted octanol–water partition coefficient (Wildman–Crippen LogP) is 1.57. The molecule has 12 heteroatoms. The van der Waals surface area contributed by atoms with Gasteiger partial charge in [0.15, 0.2) is 5.76 Å². The van der Waals surface area contributed by atoms with Crippen LogP contribution in [0, 0.1) is 19.8 Å². The number of anilines is 1. The lowest BCUT2D eigenvalue weighted by molar-refractivity contribution is -0.136. The van der Waals surface area contributed by atoms with Crippen LogP contribution >= 0.6 is 0 Å². The first-order valence-electron chi connectivity index (χ1n) is 11.6. The number of aryl methyl sites for hydroxylation is 3. The van der Waals surface area contributed by atoms with Gasteiger partial charge in [-0.25, -0.2) is 9.48 Å². The summed E-state index contributed by atoms with van der Waals surface area (Å²) in [7, 11) is 1.69. The van der Waals surface area contributed by atoms with Crippen molar-refractivity contribution in [2.24, 2.45) is 5.92 Å². The van der Waals surface area contributed by atoms with Gasteiger partial charge in [0.25, 0.3) is 0 Å². The molecule has 0 radical (unpaired) electrons. The zero-order chi connectivity index (χ0) is 24.8. The summed E-state index contributed by atoms with van der Waals surface area (Å²) in [5, 5.41) is 24.5. The average Bonchev–Trinajstić information content (AvgIpc) is 3.39. The maximum Gasteiger partial charge on any atom is 0.321 e. The molecule has 2 aromatic rings. The van der Waals surface area contributed by atoms with Crippen molar-refractivity contribution >= 4 is 17.6 Å². The first-order valence-corrected chi connectivity index (χ1v) is 11.6. The summed E-state index contributed by atoms with van der Waals surface area (Å²) in [5.74, 6) is 0.387. The van der Waals surface area contributed by atoms with E-state index in [9.17, 15) is 14.7 Å². The highest BCUT2D eigenvalue weighted by atomic mass is 16.5. The Morgan fingerprint density at radius 1 is 1.41 bits per heavy atom. The number of aliphatic hydroxyl groups is 1. The molecule has 2 N–H and O–H groups in total. The zero-order valence-corrected chi connectivity index (χ0v) is 20.5. The Morgan fingerprint density at radius 2 is 2.18 bits per heavy atom. The maximum absolute atomic E-state index is 12.9. The number of amides is 3. The maximum atomic E-state index is 12.9. The molecular weight excluding hydrogens is 442 g/mol. The monoisotopic (exact) mass is 477 g/mol. The van der Waals surface area contributed by atoms with E-state index in [4.69, 9.17) is 9.26 Å². The van der Waals surface area contributed by atoms with Crippen LogP contribution in [0.4, 0.5) is 10.5 Å². The third kappa shape index (κ3) is 6.11. The summed E-state index contributed by atoms with van der Waals surface area (Å²) in [6, 6.07) is -0.638. The Bertz CT molecular complexity index is 955. The van der Waals surface area contributed by atoms with Crippen molar-refractivity contribution in [3.8, 4) is 0 Å². The standard InChI is InChI=1S/C22H35N7O5/c1-14-10-28(15(2)12-30)20(31)7-6-8-29-18(9-23-26-29)13-33-19(14)11-27(5)22(32)24-21-16(3)25-34-17(21)4/h9,14-15,19,30H,6-8,10-13H2,1-5H3,(H,24,32)/t14-,15+,19-/m1/s1. The molecule has 0 fully saturated rings. The van der Waals surface area contributed by atoms with Crippen molar-refractivity contribution in [2.45, 2.75) is 65.8 Å². The first kappa shape index (κ1) is 25.6. The third-order valence-electron chi connectivity index (χ3n) is 6.21. The second kappa shape index (κ2) is 11.4. The van der Waals surface area contributed by atoms with E-state index in [1.807, 2.05) is 13.8 Å². The molecule has 3 heterocycles. The molecule has 34 heavy (non-hydrogen) atoms. The zero-order valence-electron chi connectivity index (χ0n) is 20.5. The molecule has 3 rings (SSSR count). The number of carbonyl (C=O) groups is 2. The minimum absolute atomic E-state index is 0.0288. The summed E-state index contributed by atoms with van der Waals surface area (Å²) in [6.45, 7) is 8.69. The molecule has 0 saturated carbocycles. The number of fused-ring (bicyclic) bond motifs is 1. The van der Waals surface area contributed by atoms with Gasteiger partial charge in [0.2, 0.25) is 5.91 Å². The molecule has 3 amide bonds. The summed E-state index contributed by atoms with van der Waals surface area (Å²) in [6.07, 6.45) is 2.24. The van der Waals surface area contributed by atoms with Gasteiger partial charge in [-0.3, -0.25) is 4.79 Å². The van der Waals surface area contributed by atoms with Crippen LogP contribution in [0.25, 0.3) is 0 Å². The molecule has 1 aliphatic rings. The van der Waals surface area contributed by atoms with Crippen molar-refractivity contribution in [3.63, 3.8) is 0 Å². The topological polar surface area (TPSA) is 139 Å². The van der Waals surface area contributed by atoms with Crippen molar-refractivity contribution in [1.82, 2.24) is 30.0 Å². The summed E-state index contributed by atoms with van der Waals surface area (Å²) in [4.78, 5) is 29.1.